The molecule has 0 bridgehead atoms. The number of carbonyl (C=O) groups excluding carboxylic acids is 4. The van der Waals surface area contributed by atoms with Gasteiger partial charge in [-0.2, -0.15) is 19.8 Å². The number of pyridine rings is 1. The van der Waals surface area contributed by atoms with Crippen LogP contribution in [-0.2, 0) is 19.2 Å². The second-order valence-electron chi connectivity index (χ2n) is 11.1. The van der Waals surface area contributed by atoms with Gasteiger partial charge in [0.15, 0.2) is 23.8 Å². The van der Waals surface area contributed by atoms with Crippen molar-refractivity contribution in [3.8, 4) is 0 Å². The molecule has 2 aliphatic heterocycles. The quantitative estimate of drug-likeness (QED) is 0.173. The number of ketones is 1. The minimum Gasteiger partial charge on any atom is -0.769 e. The number of hydrogen-bond acceptors (Lipinski definition) is 13. The molecule has 0 saturated heterocycles. The minimum absolute atomic E-state index is 0.0867. The van der Waals surface area contributed by atoms with E-state index in [1.54, 1.807) is 67.2 Å². The lowest BCUT2D eigenvalue weighted by Crippen LogP contribution is -2.53. The van der Waals surface area contributed by atoms with E-state index in [4.69, 9.17) is 0 Å². The summed E-state index contributed by atoms with van der Waals surface area (Å²) in [4.78, 5) is 55.4. The maximum atomic E-state index is 13.5. The van der Waals surface area contributed by atoms with Gasteiger partial charge in [-0.05, 0) is 77.3 Å². The molecule has 3 amide bonds. The molecular formula is C32H31N10O6-. The highest BCUT2D eigenvalue weighted by atomic mass is 16.8. The van der Waals surface area contributed by atoms with E-state index < -0.39 is 28.7 Å². The molecule has 0 radical (unpaired) electrons. The van der Waals surface area contributed by atoms with Gasteiger partial charge in [-0.3, -0.25) is 29.5 Å². The number of carbonyl (C=O) groups is 4. The van der Waals surface area contributed by atoms with Gasteiger partial charge in [-0.25, -0.2) is 0 Å². The van der Waals surface area contributed by atoms with Crippen LogP contribution in [0.15, 0.2) is 105 Å². The van der Waals surface area contributed by atoms with Crippen LogP contribution < -0.4 is 15.0 Å². The highest BCUT2D eigenvalue weighted by molar-refractivity contribution is 6.71. The molecule has 16 heteroatoms. The van der Waals surface area contributed by atoms with E-state index in [9.17, 15) is 29.6 Å². The van der Waals surface area contributed by atoms with Crippen LogP contribution in [-0.4, -0.2) is 88.6 Å². The average Bonchev–Trinajstić information content (AvgIpc) is 3.34. The molecule has 16 nitrogen and oxygen atoms in total. The number of hydrogen-bond donors (Lipinski definition) is 1. The molecule has 1 aliphatic carbocycles. The molecule has 0 atom stereocenters. The van der Waals surface area contributed by atoms with Crippen LogP contribution >= 0.6 is 0 Å². The number of allylic oxidation sites excluding steroid dienone is 3. The van der Waals surface area contributed by atoms with Gasteiger partial charge in [-0.1, -0.05) is 6.07 Å². The van der Waals surface area contributed by atoms with Crippen LogP contribution in [0.5, 0.6) is 0 Å². The molecule has 1 aromatic carbocycles. The van der Waals surface area contributed by atoms with E-state index in [0.717, 1.165) is 23.2 Å². The van der Waals surface area contributed by atoms with Crippen molar-refractivity contribution in [2.75, 3.05) is 37.6 Å². The molecule has 48 heavy (non-hydrogen) atoms. The van der Waals surface area contributed by atoms with E-state index in [1.165, 1.54) is 4.90 Å². The Balaban J connectivity index is 1.34. The first-order chi connectivity index (χ1) is 23.0. The van der Waals surface area contributed by atoms with Crippen molar-refractivity contribution in [3.63, 3.8) is 0 Å². The molecule has 3 heterocycles. The SMILES string of the molecule is CC1=NN(c2ccc(N/N=C3\C(=O)N(CCCN(C)C)C(=O)C([n+]4ccccc4)=C3C)cc2)C(=O)/C1=N\N=C1/C=CC(N([O-])[O-])=CC1=O. The second kappa shape index (κ2) is 14.2. The fourth-order valence-electron chi connectivity index (χ4n) is 4.90. The van der Waals surface area contributed by atoms with Gasteiger partial charge in [-0.15, -0.1) is 10.2 Å². The van der Waals surface area contributed by atoms with Crippen LogP contribution in [0.3, 0.4) is 0 Å². The minimum atomic E-state index is -0.712. The number of nitrogens with zero attached hydrogens (tertiary/aromatic N) is 9. The zero-order valence-electron chi connectivity index (χ0n) is 26.5. The number of benzene rings is 1. The Morgan fingerprint density at radius 2 is 1.60 bits per heavy atom. The molecule has 0 fully saturated rings. The first-order valence-electron chi connectivity index (χ1n) is 14.7. The molecule has 0 unspecified atom stereocenters. The van der Waals surface area contributed by atoms with Crippen LogP contribution in [0, 0.1) is 10.4 Å². The van der Waals surface area contributed by atoms with E-state index >= 15 is 0 Å². The normalized spacial score (nSPS) is 19.4. The first kappa shape index (κ1) is 33.4. The number of nitrogens with one attached hydrogen (secondary N) is 1. The Hall–Kier alpha value is -5.97. The average molecular weight is 652 g/mol. The largest absolute Gasteiger partial charge is 0.769 e. The van der Waals surface area contributed by atoms with Gasteiger partial charge in [0.25, 0.3) is 11.6 Å². The summed E-state index contributed by atoms with van der Waals surface area (Å²) in [7, 11) is 3.84. The summed E-state index contributed by atoms with van der Waals surface area (Å²) in [6.07, 6.45) is 7.16. The highest BCUT2D eigenvalue weighted by Crippen LogP contribution is 2.24. The summed E-state index contributed by atoms with van der Waals surface area (Å²) in [5.41, 5.74) is 4.21. The highest BCUT2D eigenvalue weighted by Gasteiger charge is 2.42. The number of aromatic nitrogens is 1. The number of imide groups is 1. The number of rotatable bonds is 10. The third-order valence-corrected chi connectivity index (χ3v) is 7.37. The van der Waals surface area contributed by atoms with Gasteiger partial charge in [0.1, 0.15) is 5.71 Å². The Morgan fingerprint density at radius 1 is 0.896 bits per heavy atom. The van der Waals surface area contributed by atoms with Crippen molar-refractivity contribution in [1.29, 1.82) is 0 Å². The number of anilines is 2. The lowest BCUT2D eigenvalue weighted by molar-refractivity contribution is -0.578. The summed E-state index contributed by atoms with van der Waals surface area (Å²) < 4.78 is 1.67. The molecule has 1 aromatic heterocycles. The molecule has 1 N–H and O–H groups in total. The van der Waals surface area contributed by atoms with Gasteiger partial charge in [0.2, 0.25) is 5.78 Å². The molecule has 0 saturated carbocycles. The fraction of sp³-hybridized carbons (Fsp3) is 0.219. The maximum Gasteiger partial charge on any atom is 0.326 e. The zero-order valence-corrected chi connectivity index (χ0v) is 26.5. The lowest BCUT2D eigenvalue weighted by atomic mass is 10.0. The Bertz CT molecular complexity index is 1870. The lowest BCUT2D eigenvalue weighted by Gasteiger charge is -2.38. The number of hydroxylamine groups is 2. The van der Waals surface area contributed by atoms with E-state index in [1.807, 2.05) is 25.1 Å². The van der Waals surface area contributed by atoms with Crippen LogP contribution in [0.2, 0.25) is 0 Å². The predicted octanol–water partition coefficient (Wildman–Crippen LogP) is 1.83. The van der Waals surface area contributed by atoms with Crippen molar-refractivity contribution < 1.29 is 23.7 Å². The van der Waals surface area contributed by atoms with Crippen molar-refractivity contribution in [1.82, 2.24) is 15.0 Å². The van der Waals surface area contributed by atoms with Crippen LogP contribution in [0.1, 0.15) is 20.3 Å². The van der Waals surface area contributed by atoms with Crippen LogP contribution in [0.25, 0.3) is 5.70 Å². The summed E-state index contributed by atoms with van der Waals surface area (Å²) in [6.45, 7) is 4.15. The van der Waals surface area contributed by atoms with Crippen molar-refractivity contribution >= 4 is 63.4 Å². The summed E-state index contributed by atoms with van der Waals surface area (Å²) in [5, 5.41) is 38.5. The topological polar surface area (TPSA) is 193 Å². The summed E-state index contributed by atoms with van der Waals surface area (Å²) in [6, 6.07) is 11.9. The third kappa shape index (κ3) is 7.05. The maximum absolute atomic E-state index is 13.5. The Kier molecular flexibility index (Phi) is 9.88. The molecule has 246 valence electrons. The smallest absolute Gasteiger partial charge is 0.326 e. The summed E-state index contributed by atoms with van der Waals surface area (Å²) >= 11 is 0. The standard InChI is InChI=1S/C32H31N10O6/c1-20-27(30(44)40(18-8-15-38(3)4)32(46)29(20)39-16-6-5-7-17-39)35-33-22-9-11-23(12-10-22)41-31(45)28(21(2)37-41)36-34-25-14-13-24(42(47)48)19-26(25)43/h5-7,9-14,16-17,19,33H,8,15,18H2,1-4H3/q-1/b34-25+,35-27-,36-28-. The molecule has 5 rings (SSSR count). The monoisotopic (exact) mass is 651 g/mol. The molecule has 0 spiro atoms. The van der Waals surface area contributed by atoms with Gasteiger partial charge in [0, 0.05) is 30.5 Å². The van der Waals surface area contributed by atoms with Crippen molar-refractivity contribution in [2.24, 2.45) is 20.4 Å². The van der Waals surface area contributed by atoms with E-state index in [-0.39, 0.29) is 35.1 Å². The fourth-order valence-corrected chi connectivity index (χ4v) is 4.90. The predicted molar refractivity (Wildman–Crippen MR) is 179 cm³/mol. The van der Waals surface area contributed by atoms with Gasteiger partial charge in [0.05, 0.1) is 22.7 Å². The molecular weight excluding hydrogens is 620 g/mol. The second-order valence-corrected chi connectivity index (χ2v) is 11.1. The van der Waals surface area contributed by atoms with Gasteiger partial charge >= 0.3 is 11.8 Å². The first-order valence-corrected chi connectivity index (χ1v) is 14.7. The number of hydrazone groups is 2. The van der Waals surface area contributed by atoms with Crippen molar-refractivity contribution in [3.05, 3.63) is 94.8 Å². The van der Waals surface area contributed by atoms with Gasteiger partial charge < -0.3 is 20.5 Å². The third-order valence-electron chi connectivity index (χ3n) is 7.37. The molecule has 3 aliphatic rings. The summed E-state index contributed by atoms with van der Waals surface area (Å²) in [5.74, 6) is -2.22. The zero-order chi connectivity index (χ0) is 34.5. The van der Waals surface area contributed by atoms with E-state index in [2.05, 4.69) is 25.8 Å². The van der Waals surface area contributed by atoms with Crippen LogP contribution in [0.4, 0.5) is 11.4 Å². The Morgan fingerprint density at radius 3 is 2.25 bits per heavy atom. The van der Waals surface area contributed by atoms with E-state index in [0.29, 0.717) is 35.6 Å². The molecule has 2 aromatic rings. The Labute approximate surface area is 275 Å². The number of amides is 3. The van der Waals surface area contributed by atoms with Crippen molar-refractivity contribution in [2.45, 2.75) is 20.3 Å².